The second-order valence-electron chi connectivity index (χ2n) is 14.4. The topological polar surface area (TPSA) is 27.8 Å². The van der Waals surface area contributed by atoms with Crippen molar-refractivity contribution in [1.29, 1.82) is 0 Å². The Balaban J connectivity index is 1.10. The van der Waals surface area contributed by atoms with Crippen molar-refractivity contribution in [1.82, 2.24) is 4.98 Å². The standard InChI is InChI=1S/C43H38N2/c1-25-19-26(11-10-18-44-40-23-37-31(21-30(25)40)28-12-6-8-14-35(28)42(37,2)3)27-16-17-39-33(20-27)34-22-32-29-13-7-9-15-36(29)43(4,5)38(32)24-41(34)45-39/h6-17,19,21-24,27,44-45H,1,18,20H2,2-5H3/b11-10-,26-19+. The van der Waals surface area contributed by atoms with Crippen molar-refractivity contribution in [2.75, 3.05) is 11.9 Å². The molecule has 0 amide bonds. The second-order valence-corrected chi connectivity index (χ2v) is 14.4. The first-order valence-corrected chi connectivity index (χ1v) is 16.3. The smallest absolute Gasteiger partial charge is 0.0465 e. The van der Waals surface area contributed by atoms with Crippen LogP contribution in [0.15, 0.2) is 109 Å². The lowest BCUT2D eigenvalue weighted by Crippen LogP contribution is -2.15. The van der Waals surface area contributed by atoms with Crippen LogP contribution in [0.2, 0.25) is 0 Å². The summed E-state index contributed by atoms with van der Waals surface area (Å²) in [6.07, 6.45) is 12.5. The van der Waals surface area contributed by atoms with Crippen LogP contribution >= 0.6 is 0 Å². The molecule has 0 spiro atoms. The van der Waals surface area contributed by atoms with Crippen molar-refractivity contribution >= 4 is 28.2 Å². The van der Waals surface area contributed by atoms with Gasteiger partial charge in [-0.15, -0.1) is 0 Å². The Morgan fingerprint density at radius 3 is 2.11 bits per heavy atom. The molecule has 0 radical (unpaired) electrons. The zero-order valence-electron chi connectivity index (χ0n) is 26.5. The predicted octanol–water partition coefficient (Wildman–Crippen LogP) is 10.6. The quantitative estimate of drug-likeness (QED) is 0.202. The fourth-order valence-corrected chi connectivity index (χ4v) is 8.64. The Hall–Kier alpha value is -4.82. The van der Waals surface area contributed by atoms with Gasteiger partial charge in [0, 0.05) is 51.1 Å². The summed E-state index contributed by atoms with van der Waals surface area (Å²) in [6.45, 7) is 14.8. The van der Waals surface area contributed by atoms with E-state index in [0.717, 1.165) is 24.2 Å². The van der Waals surface area contributed by atoms with Crippen LogP contribution in [0.25, 0.3) is 44.8 Å². The number of fused-ring (bicyclic) bond motifs is 10. The number of hydrogen-bond acceptors (Lipinski definition) is 1. The van der Waals surface area contributed by atoms with Crippen LogP contribution in [0, 0.1) is 5.92 Å². The molecule has 0 saturated carbocycles. The molecule has 2 heteroatoms. The number of allylic oxidation sites excluding steroid dienone is 5. The normalized spacial score (nSPS) is 21.6. The minimum absolute atomic E-state index is 0.000280. The van der Waals surface area contributed by atoms with Gasteiger partial charge in [-0.25, -0.2) is 0 Å². The van der Waals surface area contributed by atoms with E-state index in [1.807, 2.05) is 0 Å². The molecule has 5 aromatic rings. The van der Waals surface area contributed by atoms with Crippen LogP contribution in [0.5, 0.6) is 0 Å². The molecule has 0 saturated heterocycles. The summed E-state index contributed by atoms with van der Waals surface area (Å²) < 4.78 is 0. The van der Waals surface area contributed by atoms with Gasteiger partial charge >= 0.3 is 0 Å². The highest BCUT2D eigenvalue weighted by Gasteiger charge is 2.37. The minimum atomic E-state index is -0.0267. The molecule has 220 valence electrons. The third kappa shape index (κ3) is 3.69. The van der Waals surface area contributed by atoms with E-state index in [1.165, 1.54) is 77.8 Å². The van der Waals surface area contributed by atoms with Crippen LogP contribution < -0.4 is 5.32 Å². The molecule has 3 aliphatic carbocycles. The van der Waals surface area contributed by atoms with Crippen LogP contribution in [0.4, 0.5) is 5.69 Å². The van der Waals surface area contributed by atoms with Gasteiger partial charge in [-0.05, 0) is 98.0 Å². The summed E-state index contributed by atoms with van der Waals surface area (Å²) in [5.74, 6) is 0.275. The fraction of sp³-hybridized carbons (Fsp3) is 0.209. The lowest BCUT2D eigenvalue weighted by Gasteiger charge is -2.23. The van der Waals surface area contributed by atoms with Gasteiger partial charge < -0.3 is 10.3 Å². The highest BCUT2D eigenvalue weighted by atomic mass is 14.9. The van der Waals surface area contributed by atoms with Crippen LogP contribution in [0.1, 0.15) is 66.8 Å². The van der Waals surface area contributed by atoms with Crippen molar-refractivity contribution in [3.8, 4) is 22.3 Å². The lowest BCUT2D eigenvalue weighted by atomic mass is 9.81. The fourth-order valence-electron chi connectivity index (χ4n) is 8.64. The molecule has 45 heavy (non-hydrogen) atoms. The third-order valence-corrected chi connectivity index (χ3v) is 11.1. The maximum Gasteiger partial charge on any atom is 0.0465 e. The van der Waals surface area contributed by atoms with Gasteiger partial charge in [0.25, 0.3) is 0 Å². The van der Waals surface area contributed by atoms with Gasteiger partial charge in [-0.3, -0.25) is 0 Å². The molecule has 2 nitrogen and oxygen atoms in total. The molecule has 2 heterocycles. The molecule has 1 atom stereocenters. The van der Waals surface area contributed by atoms with Crippen molar-refractivity contribution in [2.24, 2.45) is 5.92 Å². The maximum absolute atomic E-state index is 4.64. The zero-order chi connectivity index (χ0) is 30.7. The monoisotopic (exact) mass is 582 g/mol. The molecule has 1 aliphatic heterocycles. The van der Waals surface area contributed by atoms with E-state index < -0.39 is 0 Å². The molecular weight excluding hydrogens is 544 g/mol. The van der Waals surface area contributed by atoms with E-state index in [9.17, 15) is 0 Å². The second kappa shape index (κ2) is 9.11. The van der Waals surface area contributed by atoms with E-state index in [1.54, 1.807) is 0 Å². The van der Waals surface area contributed by atoms with E-state index in [-0.39, 0.29) is 16.7 Å². The summed E-state index contributed by atoms with van der Waals surface area (Å²) in [7, 11) is 0. The van der Waals surface area contributed by atoms with E-state index in [0.29, 0.717) is 0 Å². The number of nitrogens with one attached hydrogen (secondary N) is 2. The van der Waals surface area contributed by atoms with Gasteiger partial charge in [0.15, 0.2) is 0 Å². The van der Waals surface area contributed by atoms with Crippen molar-refractivity contribution < 1.29 is 0 Å². The zero-order valence-corrected chi connectivity index (χ0v) is 26.5. The Morgan fingerprint density at radius 2 is 1.38 bits per heavy atom. The average molecular weight is 583 g/mol. The molecule has 1 aromatic heterocycles. The summed E-state index contributed by atoms with van der Waals surface area (Å²) in [5.41, 5.74) is 19.6. The summed E-state index contributed by atoms with van der Waals surface area (Å²) in [5, 5.41) is 5.07. The Labute approximate surface area is 265 Å². The van der Waals surface area contributed by atoms with Crippen molar-refractivity contribution in [3.63, 3.8) is 0 Å². The van der Waals surface area contributed by atoms with Crippen molar-refractivity contribution in [2.45, 2.75) is 44.9 Å². The number of rotatable bonds is 1. The SMILES string of the molecule is C=C1/C=C(C2C=Cc3[nH]c4cc5c(cc4c3C2)-c2ccccc2C5(C)C)\C=C/CNc2cc3c(cc21)-c1ccccc1C3(C)C. The van der Waals surface area contributed by atoms with Crippen LogP contribution in [-0.2, 0) is 17.3 Å². The molecule has 4 aromatic carbocycles. The van der Waals surface area contributed by atoms with Gasteiger partial charge in [0.2, 0.25) is 0 Å². The first-order chi connectivity index (χ1) is 21.7. The van der Waals surface area contributed by atoms with Gasteiger partial charge in [-0.2, -0.15) is 0 Å². The number of aromatic amines is 1. The average Bonchev–Trinajstić information content (AvgIpc) is 3.61. The number of aromatic nitrogens is 1. The summed E-state index contributed by atoms with van der Waals surface area (Å²) in [4.78, 5) is 3.77. The Bertz CT molecular complexity index is 2210. The highest BCUT2D eigenvalue weighted by molar-refractivity contribution is 5.96. The predicted molar refractivity (Wildman–Crippen MR) is 191 cm³/mol. The van der Waals surface area contributed by atoms with Crippen LogP contribution in [-0.4, -0.2) is 11.5 Å². The Kier molecular flexibility index (Phi) is 5.38. The van der Waals surface area contributed by atoms with Crippen molar-refractivity contribution in [3.05, 3.63) is 148 Å². The summed E-state index contributed by atoms with van der Waals surface area (Å²) >= 11 is 0. The lowest BCUT2D eigenvalue weighted by molar-refractivity contribution is 0.660. The van der Waals surface area contributed by atoms with Gasteiger partial charge in [0.1, 0.15) is 0 Å². The highest BCUT2D eigenvalue weighted by Crippen LogP contribution is 2.52. The first-order valence-electron chi connectivity index (χ1n) is 16.3. The number of hydrogen-bond donors (Lipinski definition) is 2. The third-order valence-electron chi connectivity index (χ3n) is 11.1. The first kappa shape index (κ1) is 26.6. The Morgan fingerprint density at radius 1 is 0.711 bits per heavy atom. The van der Waals surface area contributed by atoms with E-state index >= 15 is 0 Å². The van der Waals surface area contributed by atoms with E-state index in [4.69, 9.17) is 0 Å². The van der Waals surface area contributed by atoms with E-state index in [2.05, 4.69) is 148 Å². The largest absolute Gasteiger partial charge is 0.381 e. The van der Waals surface area contributed by atoms with Crippen LogP contribution in [0.3, 0.4) is 0 Å². The molecule has 0 bridgehead atoms. The molecule has 4 aliphatic rings. The summed E-state index contributed by atoms with van der Waals surface area (Å²) in [6, 6.07) is 27.4. The molecule has 9 rings (SSSR count). The number of H-pyrrole nitrogens is 1. The van der Waals surface area contributed by atoms with Gasteiger partial charge in [0.05, 0.1) is 0 Å². The number of anilines is 1. The molecule has 2 N–H and O–H groups in total. The number of benzene rings is 4. The molecule has 0 fully saturated rings. The molecular formula is C43H38N2. The van der Waals surface area contributed by atoms with Gasteiger partial charge in [-0.1, -0.05) is 107 Å². The maximum atomic E-state index is 4.64. The molecule has 1 unspecified atom stereocenters. The minimum Gasteiger partial charge on any atom is -0.381 e.